The smallest absolute Gasteiger partial charge is 0.409 e. The van der Waals surface area contributed by atoms with Crippen molar-refractivity contribution in [2.75, 3.05) is 19.0 Å². The molecule has 0 bridgehead atoms. The fourth-order valence-electron chi connectivity index (χ4n) is 3.07. The molecule has 0 atom stereocenters. The third kappa shape index (κ3) is 3.13. The van der Waals surface area contributed by atoms with Gasteiger partial charge >= 0.3 is 6.09 Å². The highest BCUT2D eigenvalue weighted by Gasteiger charge is 2.28. The summed E-state index contributed by atoms with van der Waals surface area (Å²) < 4.78 is 5.70. The summed E-state index contributed by atoms with van der Waals surface area (Å²) in [5.41, 5.74) is 4.48. The molecular weight excluding hydrogens is 384 g/mol. The molecule has 3 aromatic rings. The third-order valence-electron chi connectivity index (χ3n) is 4.42. The number of nitriles is 1. The Kier molecular flexibility index (Phi) is 4.51. The maximum absolute atomic E-state index is 12.7. The summed E-state index contributed by atoms with van der Waals surface area (Å²) in [7, 11) is 1.35. The van der Waals surface area contributed by atoms with Crippen LogP contribution in [0.2, 0.25) is 0 Å². The second-order valence-electron chi connectivity index (χ2n) is 5.95. The number of hydrogen-bond donors (Lipinski definition) is 1. The molecular formula is C18H14N4O3S2. The van der Waals surface area contributed by atoms with Crippen LogP contribution in [0, 0.1) is 11.3 Å². The molecule has 1 N–H and O–H groups in total. The van der Waals surface area contributed by atoms with E-state index in [1.165, 1.54) is 29.8 Å². The quantitative estimate of drug-likeness (QED) is 0.711. The molecule has 0 aliphatic carbocycles. The van der Waals surface area contributed by atoms with E-state index in [9.17, 15) is 14.9 Å². The zero-order chi connectivity index (χ0) is 19.0. The number of amides is 2. The van der Waals surface area contributed by atoms with Crippen molar-refractivity contribution in [3.63, 3.8) is 0 Å². The summed E-state index contributed by atoms with van der Waals surface area (Å²) in [6.45, 7) is 0.866. The number of hydrogen-bond acceptors (Lipinski definition) is 7. The molecule has 9 heteroatoms. The molecule has 0 unspecified atom stereocenters. The number of benzene rings is 1. The van der Waals surface area contributed by atoms with Crippen LogP contribution in [-0.2, 0) is 17.7 Å². The van der Waals surface area contributed by atoms with Crippen LogP contribution in [0.15, 0.2) is 23.7 Å². The van der Waals surface area contributed by atoms with Gasteiger partial charge in [0.25, 0.3) is 5.91 Å². The summed E-state index contributed by atoms with van der Waals surface area (Å²) >= 11 is 2.80. The lowest BCUT2D eigenvalue weighted by Gasteiger charge is -2.25. The topological polar surface area (TPSA) is 95.3 Å². The van der Waals surface area contributed by atoms with Crippen LogP contribution in [-0.4, -0.2) is 35.5 Å². The van der Waals surface area contributed by atoms with E-state index in [-0.39, 0.29) is 5.91 Å². The number of anilines is 1. The van der Waals surface area contributed by atoms with Gasteiger partial charge in [0.05, 0.1) is 34.9 Å². The van der Waals surface area contributed by atoms with Gasteiger partial charge in [-0.1, -0.05) is 0 Å². The second kappa shape index (κ2) is 6.98. The highest BCUT2D eigenvalue weighted by Crippen LogP contribution is 2.37. The Bertz CT molecular complexity index is 1100. The first-order valence-electron chi connectivity index (χ1n) is 8.13. The van der Waals surface area contributed by atoms with Crippen LogP contribution in [0.25, 0.3) is 10.2 Å². The first-order valence-corrected chi connectivity index (χ1v) is 9.82. The van der Waals surface area contributed by atoms with Crippen molar-refractivity contribution in [3.8, 4) is 6.07 Å². The van der Waals surface area contributed by atoms with E-state index in [1.54, 1.807) is 28.6 Å². The number of methoxy groups -OCH3 is 1. The van der Waals surface area contributed by atoms with Gasteiger partial charge in [-0.25, -0.2) is 9.78 Å². The average molecular weight is 398 g/mol. The third-order valence-corrected chi connectivity index (χ3v) is 6.35. The predicted molar refractivity (Wildman–Crippen MR) is 103 cm³/mol. The number of nitrogens with one attached hydrogen (secondary N) is 1. The Morgan fingerprint density at radius 1 is 1.41 bits per heavy atom. The molecule has 0 spiro atoms. The minimum Gasteiger partial charge on any atom is -0.453 e. The van der Waals surface area contributed by atoms with Gasteiger partial charge in [0.15, 0.2) is 0 Å². The molecule has 4 rings (SSSR count). The second-order valence-corrected chi connectivity index (χ2v) is 7.94. The first kappa shape index (κ1) is 17.5. The molecule has 1 aliphatic rings. The van der Waals surface area contributed by atoms with Gasteiger partial charge in [-0.15, -0.1) is 22.7 Å². The van der Waals surface area contributed by atoms with Crippen LogP contribution < -0.4 is 5.32 Å². The molecule has 27 heavy (non-hydrogen) atoms. The minimum absolute atomic E-state index is 0.273. The van der Waals surface area contributed by atoms with Crippen LogP contribution in [0.3, 0.4) is 0 Å². The lowest BCUT2D eigenvalue weighted by atomic mass is 10.0. The average Bonchev–Trinajstić information content (AvgIpc) is 3.29. The fourth-order valence-corrected chi connectivity index (χ4v) is 4.99. The van der Waals surface area contributed by atoms with Crippen molar-refractivity contribution in [1.82, 2.24) is 9.88 Å². The van der Waals surface area contributed by atoms with Crippen molar-refractivity contribution >= 4 is 49.9 Å². The molecule has 3 heterocycles. The van der Waals surface area contributed by atoms with Crippen molar-refractivity contribution in [3.05, 3.63) is 45.3 Å². The molecule has 1 aliphatic heterocycles. The van der Waals surface area contributed by atoms with E-state index in [0.29, 0.717) is 35.6 Å². The van der Waals surface area contributed by atoms with Crippen molar-refractivity contribution in [1.29, 1.82) is 5.26 Å². The molecule has 0 saturated heterocycles. The van der Waals surface area contributed by atoms with Gasteiger partial charge in [0.2, 0.25) is 0 Å². The Hall–Kier alpha value is -2.96. The number of carbonyl (C=O) groups is 2. The molecule has 2 amide bonds. The molecule has 1 aromatic carbocycles. The Morgan fingerprint density at radius 2 is 2.26 bits per heavy atom. The number of nitrogens with zero attached hydrogens (tertiary/aromatic N) is 3. The number of rotatable bonds is 2. The Labute approximate surface area is 162 Å². The van der Waals surface area contributed by atoms with E-state index < -0.39 is 6.09 Å². The zero-order valence-corrected chi connectivity index (χ0v) is 15.9. The lowest BCUT2D eigenvalue weighted by Crippen LogP contribution is -2.35. The largest absolute Gasteiger partial charge is 0.453 e. The molecule has 136 valence electrons. The van der Waals surface area contributed by atoms with E-state index in [0.717, 1.165) is 20.7 Å². The van der Waals surface area contributed by atoms with Crippen molar-refractivity contribution < 1.29 is 14.3 Å². The van der Waals surface area contributed by atoms with Gasteiger partial charge in [-0.3, -0.25) is 4.79 Å². The monoisotopic (exact) mass is 398 g/mol. The highest BCUT2D eigenvalue weighted by molar-refractivity contribution is 7.17. The predicted octanol–water partition coefficient (Wildman–Crippen LogP) is 3.61. The maximum Gasteiger partial charge on any atom is 0.409 e. The Morgan fingerprint density at radius 3 is 3.04 bits per heavy atom. The van der Waals surface area contributed by atoms with Gasteiger partial charge in [-0.2, -0.15) is 5.26 Å². The molecule has 0 fully saturated rings. The zero-order valence-electron chi connectivity index (χ0n) is 14.3. The number of aromatic nitrogens is 1. The van der Waals surface area contributed by atoms with E-state index in [4.69, 9.17) is 4.74 Å². The van der Waals surface area contributed by atoms with Gasteiger partial charge in [0, 0.05) is 17.0 Å². The summed E-state index contributed by atoms with van der Waals surface area (Å²) in [5.74, 6) is -0.273. The molecule has 7 nitrogen and oxygen atoms in total. The van der Waals surface area contributed by atoms with E-state index >= 15 is 0 Å². The lowest BCUT2D eigenvalue weighted by molar-refractivity contribution is 0.102. The highest BCUT2D eigenvalue weighted by atomic mass is 32.1. The summed E-state index contributed by atoms with van der Waals surface area (Å²) in [5, 5.41) is 12.9. The number of thiazole rings is 1. The van der Waals surface area contributed by atoms with E-state index in [2.05, 4.69) is 16.4 Å². The SMILES string of the molecule is COC(=O)N1CCc2c(sc(NC(=O)c3ccc4ncsc4c3)c2C#N)C1. The molecule has 0 radical (unpaired) electrons. The summed E-state index contributed by atoms with van der Waals surface area (Å²) in [6, 6.07) is 7.51. The first-order chi connectivity index (χ1) is 13.1. The van der Waals surface area contributed by atoms with Crippen LogP contribution in [0.5, 0.6) is 0 Å². The summed E-state index contributed by atoms with van der Waals surface area (Å²) in [6.07, 6.45) is 0.169. The number of ether oxygens (including phenoxy) is 1. The van der Waals surface area contributed by atoms with Crippen molar-refractivity contribution in [2.45, 2.75) is 13.0 Å². The number of fused-ring (bicyclic) bond motifs is 2. The fraction of sp³-hybridized carbons (Fsp3) is 0.222. The van der Waals surface area contributed by atoms with Crippen LogP contribution >= 0.6 is 22.7 Å². The van der Waals surface area contributed by atoms with Gasteiger partial charge in [0.1, 0.15) is 11.1 Å². The molecule has 0 saturated carbocycles. The maximum atomic E-state index is 12.7. The standard InChI is InChI=1S/C18H14N4O3S2/c1-25-18(24)22-5-4-11-12(7-19)17(27-15(11)8-22)21-16(23)10-2-3-13-14(6-10)26-9-20-13/h2-3,6,9H,4-5,8H2,1H3,(H,21,23). The summed E-state index contributed by atoms with van der Waals surface area (Å²) in [4.78, 5) is 31.1. The van der Waals surface area contributed by atoms with Gasteiger partial charge < -0.3 is 15.0 Å². The van der Waals surface area contributed by atoms with Crippen LogP contribution in [0.1, 0.15) is 26.4 Å². The normalized spacial score (nSPS) is 13.1. The van der Waals surface area contributed by atoms with E-state index in [1.807, 2.05) is 0 Å². The van der Waals surface area contributed by atoms with Crippen LogP contribution in [0.4, 0.5) is 9.80 Å². The number of thiophene rings is 1. The Balaban J connectivity index is 1.60. The minimum atomic E-state index is -0.393. The van der Waals surface area contributed by atoms with Gasteiger partial charge in [-0.05, 0) is 30.2 Å². The number of carbonyl (C=O) groups excluding carboxylic acids is 2. The molecule has 2 aromatic heterocycles. The van der Waals surface area contributed by atoms with Crippen molar-refractivity contribution in [2.24, 2.45) is 0 Å².